The predicted molar refractivity (Wildman–Crippen MR) is 155 cm³/mol. The molecule has 3 unspecified atom stereocenters. The van der Waals surface area contributed by atoms with Gasteiger partial charge >= 0.3 is 6.09 Å². The van der Waals surface area contributed by atoms with Gasteiger partial charge in [0.05, 0.1) is 17.3 Å². The molecule has 5 rings (SSSR count). The van der Waals surface area contributed by atoms with Crippen molar-refractivity contribution in [3.8, 4) is 11.3 Å². The van der Waals surface area contributed by atoms with Gasteiger partial charge in [0.15, 0.2) is 0 Å². The van der Waals surface area contributed by atoms with Crippen molar-refractivity contribution in [1.82, 2.24) is 25.0 Å². The Morgan fingerprint density at radius 3 is 2.33 bits per heavy atom. The van der Waals surface area contributed by atoms with Crippen molar-refractivity contribution in [2.24, 2.45) is 5.92 Å². The van der Waals surface area contributed by atoms with Crippen LogP contribution >= 0.6 is 0 Å². The number of likely N-dealkylation sites (tertiary alicyclic amines) is 1. The average molecular weight is 544 g/mol. The standard InChI is InChI=1S/C32H41N5O3/c1-31(2,3)37-27-13-12-23(18-24(27)28(35-37)22-14-16-33-17-15-22)29(38)34-26-20-36(30(39)40-32(4,5)6)19-25(26)21-10-8-7-9-11-21/h7-11,14-17,23,25-26H,12-13,18-20H2,1-6H3,(H,34,38). The summed E-state index contributed by atoms with van der Waals surface area (Å²) in [5, 5.41) is 8.39. The molecule has 1 N–H and O–H groups in total. The number of amides is 2. The number of hydrogen-bond donors (Lipinski definition) is 1. The van der Waals surface area contributed by atoms with E-state index in [9.17, 15) is 9.59 Å². The molecular formula is C32H41N5O3. The summed E-state index contributed by atoms with van der Waals surface area (Å²) in [5.74, 6) is -0.141. The van der Waals surface area contributed by atoms with Crippen LogP contribution < -0.4 is 5.32 Å². The number of hydrogen-bond acceptors (Lipinski definition) is 5. The lowest BCUT2D eigenvalue weighted by molar-refractivity contribution is -0.126. The third-order valence-corrected chi connectivity index (χ3v) is 7.76. The fourth-order valence-corrected chi connectivity index (χ4v) is 5.90. The van der Waals surface area contributed by atoms with Crippen molar-refractivity contribution in [2.75, 3.05) is 13.1 Å². The minimum absolute atomic E-state index is 0.00663. The Bertz CT molecular complexity index is 1350. The highest BCUT2D eigenvalue weighted by molar-refractivity contribution is 5.81. The van der Waals surface area contributed by atoms with Crippen molar-refractivity contribution in [2.45, 2.75) is 83.9 Å². The molecule has 8 heteroatoms. The third kappa shape index (κ3) is 5.91. The summed E-state index contributed by atoms with van der Waals surface area (Å²) in [6, 6.07) is 13.9. The van der Waals surface area contributed by atoms with Gasteiger partial charge in [0.1, 0.15) is 5.60 Å². The molecular weight excluding hydrogens is 502 g/mol. The Morgan fingerprint density at radius 1 is 0.975 bits per heavy atom. The van der Waals surface area contributed by atoms with E-state index in [0.29, 0.717) is 19.5 Å². The fourth-order valence-electron chi connectivity index (χ4n) is 5.90. The molecule has 1 fully saturated rings. The van der Waals surface area contributed by atoms with Gasteiger partial charge < -0.3 is 15.0 Å². The SMILES string of the molecule is CC(C)(C)OC(=O)N1CC(NC(=O)C2CCc3c(c(-c4ccncc4)nn3C(C)(C)C)C2)C(c2ccccc2)C1. The normalized spacial score (nSPS) is 21.1. The fraction of sp³-hybridized carbons (Fsp3) is 0.500. The number of benzene rings is 1. The van der Waals surface area contributed by atoms with Crippen LogP contribution in [0.3, 0.4) is 0 Å². The second-order valence-electron chi connectivity index (χ2n) is 13.0. The monoisotopic (exact) mass is 543 g/mol. The molecule has 3 aromatic rings. The maximum Gasteiger partial charge on any atom is 0.410 e. The van der Waals surface area contributed by atoms with Crippen LogP contribution in [0.4, 0.5) is 4.79 Å². The van der Waals surface area contributed by atoms with Crippen LogP contribution in [0.1, 0.15) is 70.7 Å². The van der Waals surface area contributed by atoms with E-state index in [1.165, 1.54) is 5.69 Å². The highest BCUT2D eigenvalue weighted by Gasteiger charge is 2.40. The summed E-state index contributed by atoms with van der Waals surface area (Å²) in [6.07, 6.45) is 5.40. The van der Waals surface area contributed by atoms with E-state index in [2.05, 4.69) is 47.9 Å². The molecule has 3 atom stereocenters. The summed E-state index contributed by atoms with van der Waals surface area (Å²) in [7, 11) is 0. The predicted octanol–water partition coefficient (Wildman–Crippen LogP) is 5.32. The number of aromatic nitrogens is 3. The first-order valence-corrected chi connectivity index (χ1v) is 14.3. The molecule has 2 aromatic heterocycles. The van der Waals surface area contributed by atoms with Crippen molar-refractivity contribution < 1.29 is 14.3 Å². The number of rotatable bonds is 4. The van der Waals surface area contributed by atoms with Gasteiger partial charge in [-0.05, 0) is 78.5 Å². The molecule has 40 heavy (non-hydrogen) atoms. The molecule has 3 heterocycles. The van der Waals surface area contributed by atoms with Crippen LogP contribution in [0.5, 0.6) is 0 Å². The molecule has 8 nitrogen and oxygen atoms in total. The Labute approximate surface area is 237 Å². The number of ether oxygens (including phenoxy) is 1. The van der Waals surface area contributed by atoms with E-state index in [0.717, 1.165) is 35.2 Å². The molecule has 1 aliphatic carbocycles. The topological polar surface area (TPSA) is 89.3 Å². The first kappa shape index (κ1) is 27.9. The first-order valence-electron chi connectivity index (χ1n) is 14.3. The lowest BCUT2D eigenvalue weighted by Crippen LogP contribution is -2.45. The molecule has 212 valence electrons. The van der Waals surface area contributed by atoms with Crippen LogP contribution in [0.2, 0.25) is 0 Å². The minimum atomic E-state index is -0.579. The van der Waals surface area contributed by atoms with Gasteiger partial charge in [0.2, 0.25) is 5.91 Å². The molecule has 0 radical (unpaired) electrons. The van der Waals surface area contributed by atoms with Gasteiger partial charge in [-0.25, -0.2) is 4.79 Å². The lowest BCUT2D eigenvalue weighted by atomic mass is 9.84. The summed E-state index contributed by atoms with van der Waals surface area (Å²) in [5.41, 5.74) is 4.67. The van der Waals surface area contributed by atoms with Crippen LogP contribution in [-0.2, 0) is 27.9 Å². The van der Waals surface area contributed by atoms with Crippen LogP contribution in [-0.4, -0.2) is 56.4 Å². The van der Waals surface area contributed by atoms with Crippen molar-refractivity contribution in [1.29, 1.82) is 0 Å². The second kappa shape index (κ2) is 10.7. The maximum atomic E-state index is 13.8. The number of pyridine rings is 1. The van der Waals surface area contributed by atoms with E-state index in [-0.39, 0.29) is 35.4 Å². The molecule has 2 amide bonds. The Balaban J connectivity index is 1.38. The zero-order valence-corrected chi connectivity index (χ0v) is 24.5. The molecule has 1 aromatic carbocycles. The number of nitrogens with one attached hydrogen (secondary N) is 1. The van der Waals surface area contributed by atoms with Gasteiger partial charge in [-0.2, -0.15) is 5.10 Å². The smallest absolute Gasteiger partial charge is 0.410 e. The molecule has 0 saturated carbocycles. The van der Waals surface area contributed by atoms with Crippen molar-refractivity contribution in [3.05, 3.63) is 71.7 Å². The Hall–Kier alpha value is -3.68. The molecule has 1 saturated heterocycles. The highest BCUT2D eigenvalue weighted by atomic mass is 16.6. The largest absolute Gasteiger partial charge is 0.444 e. The Kier molecular flexibility index (Phi) is 7.46. The quantitative estimate of drug-likeness (QED) is 0.481. The number of carbonyl (C=O) groups is 2. The van der Waals surface area contributed by atoms with Crippen LogP contribution in [0, 0.1) is 5.92 Å². The van der Waals surface area contributed by atoms with E-state index >= 15 is 0 Å². The second-order valence-corrected chi connectivity index (χ2v) is 13.0. The van der Waals surface area contributed by atoms with E-state index in [1.807, 2.05) is 51.1 Å². The zero-order valence-electron chi connectivity index (χ0n) is 24.5. The van der Waals surface area contributed by atoms with E-state index < -0.39 is 5.60 Å². The van der Waals surface area contributed by atoms with E-state index in [4.69, 9.17) is 9.84 Å². The van der Waals surface area contributed by atoms with Gasteiger partial charge in [-0.15, -0.1) is 0 Å². The van der Waals surface area contributed by atoms with Gasteiger partial charge in [-0.3, -0.25) is 14.5 Å². The molecule has 1 aliphatic heterocycles. The molecule has 2 aliphatic rings. The first-order chi connectivity index (χ1) is 18.9. The van der Waals surface area contributed by atoms with Crippen molar-refractivity contribution >= 4 is 12.0 Å². The molecule has 0 spiro atoms. The summed E-state index contributed by atoms with van der Waals surface area (Å²) < 4.78 is 7.79. The van der Waals surface area contributed by atoms with Gasteiger partial charge in [0, 0.05) is 54.1 Å². The van der Waals surface area contributed by atoms with Gasteiger partial charge in [-0.1, -0.05) is 30.3 Å². The van der Waals surface area contributed by atoms with Gasteiger partial charge in [0.25, 0.3) is 0 Å². The zero-order chi connectivity index (χ0) is 28.7. The van der Waals surface area contributed by atoms with Crippen molar-refractivity contribution in [3.63, 3.8) is 0 Å². The number of nitrogens with zero attached hydrogens (tertiary/aromatic N) is 4. The maximum absolute atomic E-state index is 13.8. The lowest BCUT2D eigenvalue weighted by Gasteiger charge is -2.28. The number of fused-ring (bicyclic) bond motifs is 1. The summed E-state index contributed by atoms with van der Waals surface area (Å²) >= 11 is 0. The van der Waals surface area contributed by atoms with Crippen LogP contribution in [0.15, 0.2) is 54.9 Å². The number of carbonyl (C=O) groups excluding carboxylic acids is 2. The van der Waals surface area contributed by atoms with Crippen LogP contribution in [0.25, 0.3) is 11.3 Å². The summed E-state index contributed by atoms with van der Waals surface area (Å²) in [6.45, 7) is 13.0. The summed E-state index contributed by atoms with van der Waals surface area (Å²) in [4.78, 5) is 32.7. The Morgan fingerprint density at radius 2 is 1.68 bits per heavy atom. The minimum Gasteiger partial charge on any atom is -0.444 e. The average Bonchev–Trinajstić information content (AvgIpc) is 3.50. The highest BCUT2D eigenvalue weighted by Crippen LogP contribution is 2.37. The third-order valence-electron chi connectivity index (χ3n) is 7.76. The molecule has 0 bridgehead atoms. The van der Waals surface area contributed by atoms with E-state index in [1.54, 1.807) is 17.3 Å².